The van der Waals surface area contributed by atoms with E-state index in [4.69, 9.17) is 4.74 Å². The maximum absolute atomic E-state index is 13.2. The number of carbonyl (C=O) groups is 2. The van der Waals surface area contributed by atoms with Crippen molar-refractivity contribution in [3.8, 4) is 0 Å². The zero-order valence-electron chi connectivity index (χ0n) is 20.2. The zero-order chi connectivity index (χ0) is 24.6. The fourth-order valence-electron chi connectivity index (χ4n) is 4.31. The number of benzene rings is 1. The van der Waals surface area contributed by atoms with Gasteiger partial charge < -0.3 is 10.1 Å². The number of hydrogen-bond acceptors (Lipinski definition) is 7. The first-order valence-electron chi connectivity index (χ1n) is 11.5. The number of carbonyl (C=O) groups excluding carboxylic acids is 2. The normalized spacial score (nSPS) is 15.9. The third kappa shape index (κ3) is 5.04. The predicted octanol–water partition coefficient (Wildman–Crippen LogP) is 4.21. The smallest absolute Gasteiger partial charge is 0.338 e. The van der Waals surface area contributed by atoms with E-state index in [0.717, 1.165) is 29.5 Å². The van der Waals surface area contributed by atoms with Gasteiger partial charge in [-0.1, -0.05) is 32.1 Å². The Morgan fingerprint density at radius 3 is 2.76 bits per heavy atom. The van der Waals surface area contributed by atoms with E-state index in [1.165, 1.54) is 4.88 Å². The zero-order valence-corrected chi connectivity index (χ0v) is 21.0. The summed E-state index contributed by atoms with van der Waals surface area (Å²) in [6.07, 6.45) is 2.56. The molecule has 0 fully saturated rings. The van der Waals surface area contributed by atoms with Gasteiger partial charge in [-0.3, -0.25) is 9.59 Å². The lowest BCUT2D eigenvalue weighted by molar-refractivity contribution is -0.117. The molecule has 4 rings (SSSR count). The number of anilines is 1. The highest BCUT2D eigenvalue weighted by atomic mass is 32.1. The monoisotopic (exact) mass is 482 g/mol. The van der Waals surface area contributed by atoms with E-state index < -0.39 is 11.9 Å². The van der Waals surface area contributed by atoms with Crippen molar-refractivity contribution in [2.75, 3.05) is 5.32 Å². The van der Waals surface area contributed by atoms with Gasteiger partial charge in [0, 0.05) is 10.6 Å². The molecule has 1 aromatic carbocycles. The Morgan fingerprint density at radius 1 is 1.29 bits per heavy atom. The highest BCUT2D eigenvalue weighted by molar-refractivity contribution is 7.18. The number of ether oxygens (including phenoxy) is 1. The Hall–Kier alpha value is -3.07. The summed E-state index contributed by atoms with van der Waals surface area (Å²) < 4.78 is 6.31. The molecule has 8 nitrogen and oxygen atoms in total. The fourth-order valence-corrected chi connectivity index (χ4v) is 5.55. The average Bonchev–Trinajstić information content (AvgIpc) is 3.13. The molecule has 3 aromatic rings. The maximum Gasteiger partial charge on any atom is 0.338 e. The van der Waals surface area contributed by atoms with Crippen LogP contribution in [0.5, 0.6) is 0 Å². The van der Waals surface area contributed by atoms with Crippen molar-refractivity contribution in [1.29, 1.82) is 0 Å². The number of nitrogens with one attached hydrogen (secondary N) is 1. The molecule has 0 radical (unpaired) electrons. The van der Waals surface area contributed by atoms with Crippen LogP contribution in [0, 0.1) is 11.3 Å². The van der Waals surface area contributed by atoms with Crippen LogP contribution in [0.3, 0.4) is 0 Å². The standard InChI is InChI=1S/C25H30N4O4S/c1-14(2)33-24(32)15-7-6-8-17(11-15)26-20(30)13-29-23(31)21-18-10-9-16(25(3,4)5)12-19(18)34-22(21)27-28-29/h6-8,11,14,16H,9-10,12-13H2,1-5H3,(H,26,30). The molecule has 1 aliphatic carbocycles. The number of rotatable bonds is 5. The minimum Gasteiger partial charge on any atom is -0.459 e. The predicted molar refractivity (Wildman–Crippen MR) is 132 cm³/mol. The molecular weight excluding hydrogens is 452 g/mol. The van der Waals surface area contributed by atoms with Crippen molar-refractivity contribution in [2.24, 2.45) is 11.3 Å². The summed E-state index contributed by atoms with van der Waals surface area (Å²) in [5.41, 5.74) is 1.75. The highest BCUT2D eigenvalue weighted by Gasteiger charge is 2.32. The topological polar surface area (TPSA) is 103 Å². The molecule has 0 saturated heterocycles. The van der Waals surface area contributed by atoms with Crippen LogP contribution >= 0.6 is 11.3 Å². The first-order valence-corrected chi connectivity index (χ1v) is 12.3. The first-order chi connectivity index (χ1) is 16.0. The molecule has 1 aliphatic rings. The van der Waals surface area contributed by atoms with Gasteiger partial charge in [0.15, 0.2) is 4.83 Å². The average molecular weight is 483 g/mol. The second kappa shape index (κ2) is 9.29. The number of thiophene rings is 1. The van der Waals surface area contributed by atoms with Gasteiger partial charge in [0.25, 0.3) is 5.56 Å². The molecule has 9 heteroatoms. The van der Waals surface area contributed by atoms with Crippen LogP contribution in [0.4, 0.5) is 5.69 Å². The van der Waals surface area contributed by atoms with Crippen LogP contribution in [-0.4, -0.2) is 33.0 Å². The van der Waals surface area contributed by atoms with E-state index in [2.05, 4.69) is 36.4 Å². The van der Waals surface area contributed by atoms with Gasteiger partial charge in [-0.15, -0.1) is 16.4 Å². The largest absolute Gasteiger partial charge is 0.459 e. The molecule has 1 N–H and O–H groups in total. The number of esters is 1. The van der Waals surface area contributed by atoms with Gasteiger partial charge in [0.1, 0.15) is 6.54 Å². The van der Waals surface area contributed by atoms with Crippen LogP contribution < -0.4 is 10.9 Å². The Bertz CT molecular complexity index is 1300. The van der Waals surface area contributed by atoms with E-state index in [1.54, 1.807) is 49.4 Å². The van der Waals surface area contributed by atoms with E-state index in [0.29, 0.717) is 27.4 Å². The minimum atomic E-state index is -0.463. The lowest BCUT2D eigenvalue weighted by Crippen LogP contribution is -2.31. The number of aryl methyl sites for hydroxylation is 1. The minimum absolute atomic E-state index is 0.209. The molecule has 0 saturated carbocycles. The van der Waals surface area contributed by atoms with Crippen LogP contribution in [0.15, 0.2) is 29.1 Å². The quantitative estimate of drug-likeness (QED) is 0.547. The first kappa shape index (κ1) is 24.1. The molecule has 0 bridgehead atoms. The summed E-state index contributed by atoms with van der Waals surface area (Å²) >= 11 is 1.54. The third-order valence-corrected chi connectivity index (χ3v) is 7.32. The lowest BCUT2D eigenvalue weighted by Gasteiger charge is -2.33. The molecule has 1 unspecified atom stereocenters. The molecule has 34 heavy (non-hydrogen) atoms. The summed E-state index contributed by atoms with van der Waals surface area (Å²) in [4.78, 5) is 39.8. The summed E-state index contributed by atoms with van der Waals surface area (Å²) in [6.45, 7) is 10.0. The van der Waals surface area contributed by atoms with Crippen LogP contribution in [0.2, 0.25) is 0 Å². The fraction of sp³-hybridized carbons (Fsp3) is 0.480. The molecule has 180 valence electrons. The van der Waals surface area contributed by atoms with Crippen molar-refractivity contribution in [3.63, 3.8) is 0 Å². The van der Waals surface area contributed by atoms with Gasteiger partial charge in [-0.05, 0) is 68.2 Å². The van der Waals surface area contributed by atoms with Crippen molar-refractivity contribution in [1.82, 2.24) is 15.0 Å². The highest BCUT2D eigenvalue weighted by Crippen LogP contribution is 2.41. The van der Waals surface area contributed by atoms with Gasteiger partial charge >= 0.3 is 5.97 Å². The summed E-state index contributed by atoms with van der Waals surface area (Å²) in [7, 11) is 0. The van der Waals surface area contributed by atoms with Gasteiger partial charge in [0.05, 0.1) is 17.1 Å². The number of hydrogen-bond donors (Lipinski definition) is 1. The second-order valence-electron chi connectivity index (χ2n) is 10.1. The molecule has 0 aliphatic heterocycles. The molecule has 2 heterocycles. The van der Waals surface area contributed by atoms with Crippen molar-refractivity contribution < 1.29 is 14.3 Å². The molecular formula is C25H30N4O4S. The Labute approximate surface area is 202 Å². The Balaban J connectivity index is 1.52. The summed E-state index contributed by atoms with van der Waals surface area (Å²) in [5.74, 6) is -0.334. The molecule has 1 atom stereocenters. The lowest BCUT2D eigenvalue weighted by atomic mass is 9.72. The van der Waals surface area contributed by atoms with Crippen LogP contribution in [-0.2, 0) is 28.9 Å². The van der Waals surface area contributed by atoms with E-state index in [1.807, 2.05) is 0 Å². The summed E-state index contributed by atoms with van der Waals surface area (Å²) in [5, 5.41) is 11.6. The molecule has 0 spiro atoms. The summed E-state index contributed by atoms with van der Waals surface area (Å²) in [6, 6.07) is 6.49. The van der Waals surface area contributed by atoms with Crippen LogP contribution in [0.25, 0.3) is 10.2 Å². The van der Waals surface area contributed by atoms with Gasteiger partial charge in [-0.2, -0.15) is 0 Å². The molecule has 1 amide bonds. The van der Waals surface area contributed by atoms with E-state index in [9.17, 15) is 14.4 Å². The van der Waals surface area contributed by atoms with Crippen molar-refractivity contribution in [2.45, 2.75) is 66.5 Å². The maximum atomic E-state index is 13.2. The number of fused-ring (bicyclic) bond motifs is 3. The second-order valence-corrected chi connectivity index (χ2v) is 11.2. The van der Waals surface area contributed by atoms with Crippen molar-refractivity contribution in [3.05, 3.63) is 50.6 Å². The van der Waals surface area contributed by atoms with E-state index >= 15 is 0 Å². The third-order valence-electron chi connectivity index (χ3n) is 6.18. The van der Waals surface area contributed by atoms with E-state index in [-0.39, 0.29) is 23.6 Å². The number of aromatic nitrogens is 3. The number of nitrogens with zero attached hydrogens (tertiary/aromatic N) is 3. The Morgan fingerprint density at radius 2 is 2.06 bits per heavy atom. The molecule has 2 aromatic heterocycles. The van der Waals surface area contributed by atoms with Crippen molar-refractivity contribution >= 4 is 39.1 Å². The van der Waals surface area contributed by atoms with Crippen LogP contribution in [0.1, 0.15) is 61.8 Å². The SMILES string of the molecule is CC(C)OC(=O)c1cccc(NC(=O)Cn2nnc3sc4c(c3c2=O)CCC(C(C)(C)C)C4)c1. The van der Waals surface area contributed by atoms with Gasteiger partial charge in [-0.25, -0.2) is 9.48 Å². The Kier molecular flexibility index (Phi) is 6.58. The number of amides is 1. The van der Waals surface area contributed by atoms with Gasteiger partial charge in [0.2, 0.25) is 5.91 Å².